The third-order valence-electron chi connectivity index (χ3n) is 4.89. The lowest BCUT2D eigenvalue weighted by atomic mass is 10.1. The Bertz CT molecular complexity index is 1260. The van der Waals surface area contributed by atoms with Gasteiger partial charge in [-0.2, -0.15) is 0 Å². The third-order valence-corrected chi connectivity index (χ3v) is 5.40. The molecule has 0 bridgehead atoms. The first-order valence-corrected chi connectivity index (χ1v) is 11.2. The first-order chi connectivity index (χ1) is 16.5. The standard InChI is InChI=1S/C27H21Cl2NO4/c1-32-26-16-19(4-15-25(26)33-17-18-2-5-20(28)6-3-18)27(31)30-22-9-13-24(14-10-22)34-23-11-7-21(29)8-12-23/h2-16H,17H2,1H3,(H,30,31). The summed E-state index contributed by atoms with van der Waals surface area (Å²) >= 11 is 11.8. The third kappa shape index (κ3) is 6.22. The molecule has 0 atom stereocenters. The summed E-state index contributed by atoms with van der Waals surface area (Å²) in [5.41, 5.74) is 2.05. The fourth-order valence-electron chi connectivity index (χ4n) is 3.12. The van der Waals surface area contributed by atoms with Crippen LogP contribution in [0, 0.1) is 0 Å². The molecule has 0 saturated heterocycles. The summed E-state index contributed by atoms with van der Waals surface area (Å²) in [4.78, 5) is 12.7. The van der Waals surface area contributed by atoms with Crippen LogP contribution >= 0.6 is 23.2 Å². The number of halogens is 2. The van der Waals surface area contributed by atoms with Crippen LogP contribution in [-0.2, 0) is 6.61 Å². The first-order valence-electron chi connectivity index (χ1n) is 10.4. The summed E-state index contributed by atoms with van der Waals surface area (Å²) in [7, 11) is 1.53. The van der Waals surface area contributed by atoms with Gasteiger partial charge >= 0.3 is 0 Å². The second-order valence-electron chi connectivity index (χ2n) is 7.32. The van der Waals surface area contributed by atoms with Gasteiger partial charge in [-0.1, -0.05) is 35.3 Å². The molecule has 5 nitrogen and oxygen atoms in total. The highest BCUT2D eigenvalue weighted by molar-refractivity contribution is 6.30. The Labute approximate surface area is 207 Å². The van der Waals surface area contributed by atoms with Gasteiger partial charge in [0.2, 0.25) is 0 Å². The van der Waals surface area contributed by atoms with Gasteiger partial charge in [0.05, 0.1) is 7.11 Å². The Kier molecular flexibility index (Phi) is 7.58. The van der Waals surface area contributed by atoms with Gasteiger partial charge in [-0.05, 0) is 84.4 Å². The van der Waals surface area contributed by atoms with Gasteiger partial charge in [-0.3, -0.25) is 4.79 Å². The fourth-order valence-corrected chi connectivity index (χ4v) is 3.37. The van der Waals surface area contributed by atoms with Crippen molar-refractivity contribution in [1.82, 2.24) is 0 Å². The number of carbonyl (C=O) groups excluding carboxylic acids is 1. The van der Waals surface area contributed by atoms with Gasteiger partial charge in [-0.25, -0.2) is 0 Å². The molecule has 0 aliphatic heterocycles. The molecule has 4 rings (SSSR count). The summed E-state index contributed by atoms with van der Waals surface area (Å²) in [6.45, 7) is 0.351. The predicted molar refractivity (Wildman–Crippen MR) is 135 cm³/mol. The van der Waals surface area contributed by atoms with E-state index >= 15 is 0 Å². The van der Waals surface area contributed by atoms with Crippen molar-refractivity contribution in [1.29, 1.82) is 0 Å². The number of amides is 1. The molecule has 0 spiro atoms. The van der Waals surface area contributed by atoms with Crippen molar-refractivity contribution < 1.29 is 19.0 Å². The number of methoxy groups -OCH3 is 1. The molecule has 0 heterocycles. The number of carbonyl (C=O) groups is 1. The zero-order chi connectivity index (χ0) is 23.9. The highest BCUT2D eigenvalue weighted by atomic mass is 35.5. The van der Waals surface area contributed by atoms with E-state index in [1.165, 1.54) is 7.11 Å². The van der Waals surface area contributed by atoms with E-state index in [0.29, 0.717) is 50.9 Å². The second kappa shape index (κ2) is 11.0. The van der Waals surface area contributed by atoms with Gasteiger partial charge in [0.15, 0.2) is 11.5 Å². The molecule has 7 heteroatoms. The monoisotopic (exact) mass is 493 g/mol. The van der Waals surface area contributed by atoms with E-state index in [-0.39, 0.29) is 5.91 Å². The number of benzene rings is 4. The Morgan fingerprint density at radius 1 is 0.765 bits per heavy atom. The number of hydrogen-bond donors (Lipinski definition) is 1. The lowest BCUT2D eigenvalue weighted by Gasteiger charge is -2.13. The molecule has 0 unspecified atom stereocenters. The topological polar surface area (TPSA) is 56.8 Å². The van der Waals surface area contributed by atoms with Crippen molar-refractivity contribution in [3.8, 4) is 23.0 Å². The van der Waals surface area contributed by atoms with Crippen molar-refractivity contribution in [2.45, 2.75) is 6.61 Å². The number of rotatable bonds is 8. The van der Waals surface area contributed by atoms with Gasteiger partial charge in [0, 0.05) is 21.3 Å². The average molecular weight is 494 g/mol. The minimum absolute atomic E-state index is 0.270. The molecular formula is C27H21Cl2NO4. The van der Waals surface area contributed by atoms with Gasteiger partial charge in [0.1, 0.15) is 18.1 Å². The SMILES string of the molecule is COc1cc(C(=O)Nc2ccc(Oc3ccc(Cl)cc3)cc2)ccc1OCc1ccc(Cl)cc1. The molecule has 1 N–H and O–H groups in total. The van der Waals surface area contributed by atoms with Crippen LogP contribution in [0.25, 0.3) is 0 Å². The van der Waals surface area contributed by atoms with Crippen LogP contribution in [0.15, 0.2) is 91.0 Å². The smallest absolute Gasteiger partial charge is 0.255 e. The summed E-state index contributed by atoms with van der Waals surface area (Å²) in [6.07, 6.45) is 0. The van der Waals surface area contributed by atoms with E-state index in [2.05, 4.69) is 5.32 Å². The van der Waals surface area contributed by atoms with Gasteiger partial charge in [-0.15, -0.1) is 0 Å². The van der Waals surface area contributed by atoms with Crippen LogP contribution in [0.2, 0.25) is 10.0 Å². The molecule has 1 amide bonds. The van der Waals surface area contributed by atoms with Crippen molar-refractivity contribution in [2.75, 3.05) is 12.4 Å². The molecule has 0 fully saturated rings. The van der Waals surface area contributed by atoms with E-state index in [9.17, 15) is 4.79 Å². The first kappa shape index (κ1) is 23.5. The van der Waals surface area contributed by atoms with E-state index in [1.54, 1.807) is 78.9 Å². The van der Waals surface area contributed by atoms with Gasteiger partial charge < -0.3 is 19.5 Å². The van der Waals surface area contributed by atoms with Crippen LogP contribution < -0.4 is 19.5 Å². The Hall–Kier alpha value is -3.67. The molecule has 0 aliphatic rings. The van der Waals surface area contributed by atoms with Crippen molar-refractivity contribution in [3.63, 3.8) is 0 Å². The molecule has 172 valence electrons. The van der Waals surface area contributed by atoms with Crippen LogP contribution in [-0.4, -0.2) is 13.0 Å². The van der Waals surface area contributed by atoms with Crippen LogP contribution in [0.3, 0.4) is 0 Å². The second-order valence-corrected chi connectivity index (χ2v) is 8.19. The normalized spacial score (nSPS) is 10.4. The Morgan fingerprint density at radius 3 is 1.97 bits per heavy atom. The minimum Gasteiger partial charge on any atom is -0.493 e. The number of anilines is 1. The molecule has 0 aromatic heterocycles. The largest absolute Gasteiger partial charge is 0.493 e. The summed E-state index contributed by atoms with van der Waals surface area (Å²) < 4.78 is 17.1. The zero-order valence-electron chi connectivity index (χ0n) is 18.3. The van der Waals surface area contributed by atoms with Crippen molar-refractivity contribution in [2.24, 2.45) is 0 Å². The molecule has 34 heavy (non-hydrogen) atoms. The van der Waals surface area contributed by atoms with Crippen LogP contribution in [0.4, 0.5) is 5.69 Å². The molecule has 0 saturated carbocycles. The maximum absolute atomic E-state index is 12.7. The highest BCUT2D eigenvalue weighted by Crippen LogP contribution is 2.30. The van der Waals surface area contributed by atoms with Crippen LogP contribution in [0.1, 0.15) is 15.9 Å². The van der Waals surface area contributed by atoms with E-state index in [1.807, 2.05) is 12.1 Å². The minimum atomic E-state index is -0.270. The molecule has 0 radical (unpaired) electrons. The zero-order valence-corrected chi connectivity index (χ0v) is 19.8. The van der Waals surface area contributed by atoms with E-state index < -0.39 is 0 Å². The molecule has 4 aromatic carbocycles. The number of hydrogen-bond acceptors (Lipinski definition) is 4. The maximum atomic E-state index is 12.7. The Morgan fingerprint density at radius 2 is 1.35 bits per heavy atom. The quantitative estimate of drug-likeness (QED) is 0.274. The van der Waals surface area contributed by atoms with E-state index in [4.69, 9.17) is 37.4 Å². The lowest BCUT2D eigenvalue weighted by molar-refractivity contribution is 0.102. The molecule has 4 aromatic rings. The number of nitrogens with one attached hydrogen (secondary N) is 1. The van der Waals surface area contributed by atoms with Gasteiger partial charge in [0.25, 0.3) is 5.91 Å². The summed E-state index contributed by atoms with van der Waals surface area (Å²) in [5.74, 6) is 2.05. The molecular weight excluding hydrogens is 473 g/mol. The van der Waals surface area contributed by atoms with Crippen molar-refractivity contribution >= 4 is 34.8 Å². The lowest BCUT2D eigenvalue weighted by Crippen LogP contribution is -2.12. The van der Waals surface area contributed by atoms with E-state index in [0.717, 1.165) is 5.56 Å². The summed E-state index contributed by atoms with van der Waals surface area (Å²) in [5, 5.41) is 4.18. The molecule has 0 aliphatic carbocycles. The predicted octanol–water partition coefficient (Wildman–Crippen LogP) is 7.63. The average Bonchev–Trinajstić information content (AvgIpc) is 2.86. The number of ether oxygens (including phenoxy) is 3. The fraction of sp³-hybridized carbons (Fsp3) is 0.0741. The Balaban J connectivity index is 1.38. The summed E-state index contributed by atoms with van der Waals surface area (Å²) in [6, 6.07) is 26.6. The highest BCUT2D eigenvalue weighted by Gasteiger charge is 2.12. The van der Waals surface area contributed by atoms with Crippen LogP contribution in [0.5, 0.6) is 23.0 Å². The maximum Gasteiger partial charge on any atom is 0.255 e. The van der Waals surface area contributed by atoms with Crippen molar-refractivity contribution in [3.05, 3.63) is 112 Å².